The van der Waals surface area contributed by atoms with Crippen molar-refractivity contribution >= 4 is 17.9 Å². The second-order valence-corrected chi connectivity index (χ2v) is 4.94. The standard InChI is InChI=1S/C13H18N6O3/c1-7-9(8(2)22-18-7)5-11(20)21-6-10-15-12(14)17-13(16-10)19(3)4/h5-6H2,1-4H3,(H2,14,15,16,17). The summed E-state index contributed by atoms with van der Waals surface area (Å²) in [6, 6.07) is 0. The minimum absolute atomic E-state index is 0.0736. The van der Waals surface area contributed by atoms with Gasteiger partial charge >= 0.3 is 5.97 Å². The topological polar surface area (TPSA) is 120 Å². The molecular weight excluding hydrogens is 288 g/mol. The Labute approximate surface area is 127 Å². The number of hydrogen-bond acceptors (Lipinski definition) is 9. The first-order valence-electron chi connectivity index (χ1n) is 6.62. The lowest BCUT2D eigenvalue weighted by molar-refractivity contribution is -0.144. The number of esters is 1. The Balaban J connectivity index is 1.99. The van der Waals surface area contributed by atoms with Crippen molar-refractivity contribution in [2.45, 2.75) is 26.9 Å². The maximum absolute atomic E-state index is 11.9. The molecule has 0 atom stereocenters. The molecule has 2 aromatic heterocycles. The fraction of sp³-hybridized carbons (Fsp3) is 0.462. The number of nitrogen functional groups attached to an aromatic ring is 1. The summed E-state index contributed by atoms with van der Waals surface area (Å²) in [7, 11) is 3.56. The zero-order chi connectivity index (χ0) is 16.3. The zero-order valence-corrected chi connectivity index (χ0v) is 13.0. The van der Waals surface area contributed by atoms with Gasteiger partial charge in [0.2, 0.25) is 11.9 Å². The highest BCUT2D eigenvalue weighted by Crippen LogP contribution is 2.14. The predicted octanol–water partition coefficient (Wildman–Crippen LogP) is 0.411. The van der Waals surface area contributed by atoms with Crippen LogP contribution in [-0.4, -0.2) is 40.2 Å². The molecule has 9 heteroatoms. The molecule has 0 bridgehead atoms. The van der Waals surface area contributed by atoms with Gasteiger partial charge in [-0.1, -0.05) is 5.16 Å². The van der Waals surface area contributed by atoms with Crippen molar-refractivity contribution in [2.24, 2.45) is 0 Å². The predicted molar refractivity (Wildman–Crippen MR) is 78.0 cm³/mol. The van der Waals surface area contributed by atoms with Crippen molar-refractivity contribution in [3.8, 4) is 0 Å². The molecule has 0 aliphatic heterocycles. The zero-order valence-electron chi connectivity index (χ0n) is 13.0. The molecule has 0 saturated carbocycles. The number of nitrogens with two attached hydrogens (primary N) is 1. The van der Waals surface area contributed by atoms with Crippen molar-refractivity contribution in [3.63, 3.8) is 0 Å². The molecular formula is C13H18N6O3. The van der Waals surface area contributed by atoms with E-state index in [2.05, 4.69) is 20.1 Å². The highest BCUT2D eigenvalue weighted by Gasteiger charge is 2.15. The van der Waals surface area contributed by atoms with Crippen molar-refractivity contribution < 1.29 is 14.1 Å². The van der Waals surface area contributed by atoms with Gasteiger partial charge in [-0.3, -0.25) is 4.79 Å². The average molecular weight is 306 g/mol. The molecule has 0 aliphatic rings. The van der Waals surface area contributed by atoms with Gasteiger partial charge < -0.3 is 19.9 Å². The highest BCUT2D eigenvalue weighted by atomic mass is 16.5. The van der Waals surface area contributed by atoms with Crippen molar-refractivity contribution in [1.29, 1.82) is 0 Å². The number of rotatable bonds is 5. The normalized spacial score (nSPS) is 10.5. The number of hydrogen-bond donors (Lipinski definition) is 1. The maximum Gasteiger partial charge on any atom is 0.310 e. The van der Waals surface area contributed by atoms with Crippen LogP contribution in [-0.2, 0) is 22.6 Å². The monoisotopic (exact) mass is 306 g/mol. The van der Waals surface area contributed by atoms with E-state index in [1.807, 2.05) is 0 Å². The number of carbonyl (C=O) groups is 1. The van der Waals surface area contributed by atoms with Crippen molar-refractivity contribution in [2.75, 3.05) is 24.7 Å². The van der Waals surface area contributed by atoms with Gasteiger partial charge in [0.05, 0.1) is 12.1 Å². The lowest BCUT2D eigenvalue weighted by Gasteiger charge is -2.11. The third-order valence-electron chi connectivity index (χ3n) is 2.95. The fourth-order valence-electron chi connectivity index (χ4n) is 1.78. The Morgan fingerprint density at radius 1 is 1.27 bits per heavy atom. The Morgan fingerprint density at radius 3 is 2.59 bits per heavy atom. The largest absolute Gasteiger partial charge is 0.457 e. The molecule has 2 rings (SSSR count). The molecule has 118 valence electrons. The lowest BCUT2D eigenvalue weighted by Crippen LogP contribution is -2.17. The van der Waals surface area contributed by atoms with Crippen molar-refractivity contribution in [1.82, 2.24) is 20.1 Å². The summed E-state index contributed by atoms with van der Waals surface area (Å²) < 4.78 is 10.2. The number of carbonyl (C=O) groups excluding carboxylic acids is 1. The number of aryl methyl sites for hydroxylation is 2. The summed E-state index contributed by atoms with van der Waals surface area (Å²) in [4.78, 5) is 25.6. The summed E-state index contributed by atoms with van der Waals surface area (Å²) in [5, 5.41) is 3.79. The van der Waals surface area contributed by atoms with E-state index in [-0.39, 0.29) is 19.0 Å². The number of anilines is 2. The average Bonchev–Trinajstić information content (AvgIpc) is 2.76. The Bertz CT molecular complexity index is 663. The van der Waals surface area contributed by atoms with Crippen LogP contribution in [0.3, 0.4) is 0 Å². The summed E-state index contributed by atoms with van der Waals surface area (Å²) in [5.74, 6) is 0.969. The molecule has 0 aliphatic carbocycles. The SMILES string of the molecule is Cc1noc(C)c1CC(=O)OCc1nc(N)nc(N(C)C)n1. The van der Waals surface area contributed by atoms with E-state index < -0.39 is 5.97 Å². The smallest absolute Gasteiger partial charge is 0.310 e. The second kappa shape index (κ2) is 6.37. The van der Waals surface area contributed by atoms with Gasteiger partial charge in [0.1, 0.15) is 5.76 Å². The van der Waals surface area contributed by atoms with Crippen LogP contribution in [0.15, 0.2) is 4.52 Å². The summed E-state index contributed by atoms with van der Waals surface area (Å²) in [6.07, 6.45) is 0.0856. The van der Waals surface area contributed by atoms with Crippen LogP contribution >= 0.6 is 0 Å². The molecule has 0 amide bonds. The van der Waals surface area contributed by atoms with Crippen LogP contribution in [0.4, 0.5) is 11.9 Å². The van der Waals surface area contributed by atoms with E-state index >= 15 is 0 Å². The third kappa shape index (κ3) is 3.68. The minimum atomic E-state index is -0.417. The van der Waals surface area contributed by atoms with Crippen molar-refractivity contribution in [3.05, 3.63) is 22.8 Å². The molecule has 9 nitrogen and oxygen atoms in total. The summed E-state index contributed by atoms with van der Waals surface area (Å²) >= 11 is 0. The van der Waals surface area contributed by atoms with Gasteiger partial charge in [0.25, 0.3) is 0 Å². The Morgan fingerprint density at radius 2 is 2.00 bits per heavy atom. The molecule has 0 fully saturated rings. The quantitative estimate of drug-likeness (QED) is 0.783. The maximum atomic E-state index is 11.9. The Kier molecular flexibility index (Phi) is 4.54. The van der Waals surface area contributed by atoms with Crippen LogP contribution in [0.1, 0.15) is 22.8 Å². The van der Waals surface area contributed by atoms with E-state index in [4.69, 9.17) is 15.0 Å². The summed E-state index contributed by atoms with van der Waals surface area (Å²) in [6.45, 7) is 3.45. The van der Waals surface area contributed by atoms with Gasteiger partial charge in [-0.25, -0.2) is 0 Å². The second-order valence-electron chi connectivity index (χ2n) is 4.94. The molecule has 0 spiro atoms. The number of ether oxygens (including phenoxy) is 1. The molecule has 2 N–H and O–H groups in total. The van der Waals surface area contributed by atoms with Gasteiger partial charge in [-0.05, 0) is 13.8 Å². The Hall–Kier alpha value is -2.71. The van der Waals surface area contributed by atoms with E-state index in [0.29, 0.717) is 23.2 Å². The van der Waals surface area contributed by atoms with E-state index in [9.17, 15) is 4.79 Å². The van der Waals surface area contributed by atoms with Gasteiger partial charge in [0.15, 0.2) is 12.4 Å². The van der Waals surface area contributed by atoms with Gasteiger partial charge in [0, 0.05) is 19.7 Å². The van der Waals surface area contributed by atoms with E-state index in [0.717, 1.165) is 5.56 Å². The molecule has 2 heterocycles. The lowest BCUT2D eigenvalue weighted by atomic mass is 10.1. The fourth-order valence-corrected chi connectivity index (χ4v) is 1.78. The highest BCUT2D eigenvalue weighted by molar-refractivity contribution is 5.73. The molecule has 22 heavy (non-hydrogen) atoms. The van der Waals surface area contributed by atoms with Crippen LogP contribution < -0.4 is 10.6 Å². The minimum Gasteiger partial charge on any atom is -0.457 e. The molecule has 0 radical (unpaired) electrons. The van der Waals surface area contributed by atoms with Gasteiger partial charge in [-0.2, -0.15) is 15.0 Å². The van der Waals surface area contributed by atoms with Crippen LogP contribution in [0, 0.1) is 13.8 Å². The van der Waals surface area contributed by atoms with Crippen LogP contribution in [0.5, 0.6) is 0 Å². The van der Waals surface area contributed by atoms with E-state index in [1.165, 1.54) is 0 Å². The van der Waals surface area contributed by atoms with Gasteiger partial charge in [-0.15, -0.1) is 0 Å². The number of aromatic nitrogens is 4. The third-order valence-corrected chi connectivity index (χ3v) is 2.95. The molecule has 0 saturated heterocycles. The van der Waals surface area contributed by atoms with Crippen LogP contribution in [0.2, 0.25) is 0 Å². The molecule has 0 unspecified atom stereocenters. The molecule has 0 aromatic carbocycles. The first-order chi connectivity index (χ1) is 10.4. The van der Waals surface area contributed by atoms with Crippen LogP contribution in [0.25, 0.3) is 0 Å². The van der Waals surface area contributed by atoms with E-state index in [1.54, 1.807) is 32.8 Å². The first-order valence-corrected chi connectivity index (χ1v) is 6.62. The number of nitrogens with zero attached hydrogens (tertiary/aromatic N) is 5. The summed E-state index contributed by atoms with van der Waals surface area (Å²) in [5.41, 5.74) is 7.01. The molecule has 2 aromatic rings. The first kappa shape index (κ1) is 15.7.